The van der Waals surface area contributed by atoms with Crippen molar-refractivity contribution in [3.8, 4) is 0 Å². The smallest absolute Gasteiger partial charge is 0.0377 e. The molecule has 1 aromatic carbocycles. The second kappa shape index (κ2) is 9.09. The van der Waals surface area contributed by atoms with Gasteiger partial charge in [-0.1, -0.05) is 12.5 Å². The Morgan fingerprint density at radius 3 is 2.24 bits per heavy atom. The van der Waals surface area contributed by atoms with Crippen LogP contribution in [0, 0.1) is 5.92 Å². The van der Waals surface area contributed by atoms with E-state index in [4.69, 9.17) is 0 Å². The Morgan fingerprint density at radius 1 is 1.05 bits per heavy atom. The van der Waals surface area contributed by atoms with E-state index in [1.54, 1.807) is 0 Å². The average molecular weight is 461 g/mol. The third-order valence-electron chi connectivity index (χ3n) is 4.43. The van der Waals surface area contributed by atoms with Gasteiger partial charge in [0.25, 0.3) is 0 Å². The molecule has 1 atom stereocenters. The van der Waals surface area contributed by atoms with Gasteiger partial charge in [-0.05, 0) is 68.3 Å². The van der Waals surface area contributed by atoms with Crippen molar-refractivity contribution >= 4 is 56.7 Å². The summed E-state index contributed by atoms with van der Waals surface area (Å²) in [4.78, 5) is 2.68. The molecule has 3 rings (SSSR count). The molecule has 120 valence electrons. The molecule has 2 nitrogen and oxygen atoms in total. The van der Waals surface area contributed by atoms with Crippen LogP contribution in [-0.4, -0.2) is 31.1 Å². The minimum Gasteiger partial charge on any atom is -0.314 e. The lowest BCUT2D eigenvalue weighted by molar-refractivity contribution is 0.0837. The summed E-state index contributed by atoms with van der Waals surface area (Å²) in [6, 6.07) is 7.38. The molecule has 1 saturated heterocycles. The third kappa shape index (κ3) is 4.58. The zero-order valence-electron chi connectivity index (χ0n) is 11.9. The number of piperazine rings is 1. The Balaban J connectivity index is 0.00000110. The summed E-state index contributed by atoms with van der Waals surface area (Å²) in [5, 5.41) is 3.46. The van der Waals surface area contributed by atoms with Crippen molar-refractivity contribution in [3.63, 3.8) is 0 Å². The molecule has 1 N–H and O–H groups in total. The highest BCUT2D eigenvalue weighted by molar-refractivity contribution is 9.13. The van der Waals surface area contributed by atoms with Gasteiger partial charge in [-0.2, -0.15) is 0 Å². The van der Waals surface area contributed by atoms with Crippen molar-refractivity contribution in [1.29, 1.82) is 0 Å². The van der Waals surface area contributed by atoms with Crippen LogP contribution < -0.4 is 5.32 Å². The fourth-order valence-corrected chi connectivity index (χ4v) is 3.84. The minimum atomic E-state index is 0. The van der Waals surface area contributed by atoms with Crippen LogP contribution in [0.2, 0.25) is 0 Å². The predicted molar refractivity (Wildman–Crippen MR) is 101 cm³/mol. The molecular weight excluding hydrogens is 439 g/mol. The van der Waals surface area contributed by atoms with E-state index in [2.05, 4.69) is 60.3 Å². The number of benzene rings is 1. The van der Waals surface area contributed by atoms with E-state index in [9.17, 15) is 0 Å². The molecule has 1 heterocycles. The zero-order chi connectivity index (χ0) is 13.2. The van der Waals surface area contributed by atoms with E-state index in [0.717, 1.165) is 23.5 Å². The zero-order valence-corrected chi connectivity index (χ0v) is 16.7. The Bertz CT molecular complexity index is 449. The Hall–Kier alpha value is 0.680. The van der Waals surface area contributed by atoms with E-state index in [-0.39, 0.29) is 24.8 Å². The monoisotopic (exact) mass is 458 g/mol. The standard InChI is InChI=1S/C15H20Br2N2.2ClH/c16-13-5-4-12(10-14(13)17)15(11-2-1-3-11)19-8-6-18-7-9-19;;/h4-5,10-11,15,18H,1-3,6-9H2;2*1H/t15-;;/m1../s1. The molecule has 0 bridgehead atoms. The number of halogens is 4. The molecule has 0 radical (unpaired) electrons. The quantitative estimate of drug-likeness (QED) is 0.696. The van der Waals surface area contributed by atoms with Gasteiger partial charge in [0.1, 0.15) is 0 Å². The summed E-state index contributed by atoms with van der Waals surface area (Å²) < 4.78 is 2.31. The molecule has 21 heavy (non-hydrogen) atoms. The predicted octanol–water partition coefficient (Wildman–Crippen LogP) is 4.80. The maximum Gasteiger partial charge on any atom is 0.0377 e. The average Bonchev–Trinajstić information content (AvgIpc) is 2.38. The van der Waals surface area contributed by atoms with E-state index in [1.807, 2.05) is 0 Å². The van der Waals surface area contributed by atoms with Crippen molar-refractivity contribution < 1.29 is 0 Å². The number of nitrogens with one attached hydrogen (secondary N) is 1. The molecule has 1 aliphatic carbocycles. The number of hydrogen-bond donors (Lipinski definition) is 1. The van der Waals surface area contributed by atoms with Crippen LogP contribution >= 0.6 is 56.7 Å². The summed E-state index contributed by atoms with van der Waals surface area (Å²) in [6.07, 6.45) is 4.19. The number of rotatable bonds is 3. The maximum absolute atomic E-state index is 3.65. The summed E-state index contributed by atoms with van der Waals surface area (Å²) in [7, 11) is 0. The van der Waals surface area contributed by atoms with E-state index in [0.29, 0.717) is 6.04 Å². The van der Waals surface area contributed by atoms with Gasteiger partial charge < -0.3 is 5.32 Å². The van der Waals surface area contributed by atoms with Crippen LogP contribution in [0.4, 0.5) is 0 Å². The first kappa shape index (κ1) is 19.7. The second-order valence-corrected chi connectivity index (χ2v) is 7.30. The Kier molecular flexibility index (Phi) is 8.54. The van der Waals surface area contributed by atoms with Crippen molar-refractivity contribution in [1.82, 2.24) is 10.2 Å². The summed E-state index contributed by atoms with van der Waals surface area (Å²) in [6.45, 7) is 4.60. The van der Waals surface area contributed by atoms with E-state index < -0.39 is 0 Å². The highest BCUT2D eigenvalue weighted by atomic mass is 79.9. The number of hydrogen-bond acceptors (Lipinski definition) is 2. The van der Waals surface area contributed by atoms with Crippen LogP contribution in [0.1, 0.15) is 30.9 Å². The lowest BCUT2D eigenvalue weighted by atomic mass is 9.76. The highest BCUT2D eigenvalue weighted by Crippen LogP contribution is 2.42. The van der Waals surface area contributed by atoms with Gasteiger partial charge in [0.05, 0.1) is 0 Å². The summed E-state index contributed by atoms with van der Waals surface area (Å²) in [5.74, 6) is 0.853. The topological polar surface area (TPSA) is 15.3 Å². The van der Waals surface area contributed by atoms with Gasteiger partial charge in [0.2, 0.25) is 0 Å². The first-order valence-electron chi connectivity index (χ1n) is 7.15. The SMILES string of the molecule is Brc1ccc([C@@H](C2CCC2)N2CCNCC2)cc1Br.Cl.Cl. The molecule has 0 unspecified atom stereocenters. The van der Waals surface area contributed by atoms with Crippen LogP contribution in [0.5, 0.6) is 0 Å². The largest absolute Gasteiger partial charge is 0.314 e. The summed E-state index contributed by atoms with van der Waals surface area (Å²) >= 11 is 7.22. The molecule has 1 saturated carbocycles. The molecule has 6 heteroatoms. The first-order chi connectivity index (χ1) is 9.25. The van der Waals surface area contributed by atoms with Crippen molar-refractivity contribution in [2.45, 2.75) is 25.3 Å². The third-order valence-corrected chi connectivity index (χ3v) is 6.31. The molecule has 1 aromatic rings. The molecule has 0 spiro atoms. The second-order valence-electron chi connectivity index (χ2n) is 5.60. The van der Waals surface area contributed by atoms with Crippen LogP contribution in [-0.2, 0) is 0 Å². The lowest BCUT2D eigenvalue weighted by Gasteiger charge is -2.43. The van der Waals surface area contributed by atoms with Crippen molar-refractivity contribution in [2.24, 2.45) is 5.92 Å². The van der Waals surface area contributed by atoms with Gasteiger partial charge >= 0.3 is 0 Å². The normalized spacial score (nSPS) is 20.9. The molecule has 0 amide bonds. The van der Waals surface area contributed by atoms with E-state index in [1.165, 1.54) is 42.4 Å². The first-order valence-corrected chi connectivity index (χ1v) is 8.74. The van der Waals surface area contributed by atoms with Crippen molar-refractivity contribution in [3.05, 3.63) is 32.7 Å². The molecule has 2 aliphatic rings. The molecule has 0 aromatic heterocycles. The van der Waals surface area contributed by atoms with Gasteiger partial charge in [-0.25, -0.2) is 0 Å². The summed E-state index contributed by atoms with van der Waals surface area (Å²) in [5.41, 5.74) is 1.47. The molecular formula is C15H22Br2Cl2N2. The van der Waals surface area contributed by atoms with Gasteiger partial charge in [-0.15, -0.1) is 24.8 Å². The Morgan fingerprint density at radius 2 is 1.71 bits per heavy atom. The minimum absolute atomic E-state index is 0. The van der Waals surface area contributed by atoms with Crippen molar-refractivity contribution in [2.75, 3.05) is 26.2 Å². The molecule has 1 aliphatic heterocycles. The number of nitrogens with zero attached hydrogens (tertiary/aromatic N) is 1. The molecule has 2 fully saturated rings. The van der Waals surface area contributed by atoms with Gasteiger partial charge in [-0.3, -0.25) is 4.90 Å². The van der Waals surface area contributed by atoms with E-state index >= 15 is 0 Å². The maximum atomic E-state index is 3.65. The lowest BCUT2D eigenvalue weighted by Crippen LogP contribution is -2.47. The fraction of sp³-hybridized carbons (Fsp3) is 0.600. The van der Waals surface area contributed by atoms with Crippen LogP contribution in [0.15, 0.2) is 27.1 Å². The van der Waals surface area contributed by atoms with Gasteiger partial charge in [0.15, 0.2) is 0 Å². The van der Waals surface area contributed by atoms with Gasteiger partial charge in [0, 0.05) is 41.2 Å². The highest BCUT2D eigenvalue weighted by Gasteiger charge is 2.33. The van der Waals surface area contributed by atoms with Crippen LogP contribution in [0.25, 0.3) is 0 Å². The fourth-order valence-electron chi connectivity index (χ4n) is 3.19. The Labute approximate surface area is 156 Å². The van der Waals surface area contributed by atoms with Crippen LogP contribution in [0.3, 0.4) is 0 Å².